The second-order valence-corrected chi connectivity index (χ2v) is 8.35. The lowest BCUT2D eigenvalue weighted by atomic mass is 10.1. The second kappa shape index (κ2) is 7.20. The van der Waals surface area contributed by atoms with E-state index in [4.69, 9.17) is 16.9 Å². The van der Waals surface area contributed by atoms with Gasteiger partial charge in [-0.25, -0.2) is 8.42 Å². The van der Waals surface area contributed by atoms with E-state index >= 15 is 0 Å². The largest absolute Gasteiger partial charge is 0.373 e. The van der Waals surface area contributed by atoms with Crippen molar-refractivity contribution in [2.75, 3.05) is 23.4 Å². The average molecular weight is 356 g/mol. The van der Waals surface area contributed by atoms with Gasteiger partial charge in [-0.1, -0.05) is 11.6 Å². The number of anilines is 1. The Morgan fingerprint density at radius 1 is 1.52 bits per heavy atom. The van der Waals surface area contributed by atoms with Gasteiger partial charge in [-0.15, -0.1) is 0 Å². The van der Waals surface area contributed by atoms with Crippen LogP contribution in [0.1, 0.15) is 18.9 Å². The van der Waals surface area contributed by atoms with Gasteiger partial charge < -0.3 is 10.6 Å². The molecule has 1 heterocycles. The van der Waals surface area contributed by atoms with E-state index in [9.17, 15) is 13.2 Å². The fraction of sp³-hybridized carbons (Fsp3) is 0.467. The van der Waals surface area contributed by atoms with Crippen LogP contribution in [0.2, 0.25) is 5.02 Å². The van der Waals surface area contributed by atoms with Crippen molar-refractivity contribution in [3.63, 3.8) is 0 Å². The molecule has 0 bridgehead atoms. The van der Waals surface area contributed by atoms with Gasteiger partial charge in [-0.05, 0) is 37.5 Å². The summed E-state index contributed by atoms with van der Waals surface area (Å²) in [5.41, 5.74) is 0.891. The van der Waals surface area contributed by atoms with Crippen molar-refractivity contribution in [2.45, 2.75) is 19.4 Å². The van der Waals surface area contributed by atoms with Crippen molar-refractivity contribution in [1.82, 2.24) is 5.32 Å². The molecule has 1 amide bonds. The van der Waals surface area contributed by atoms with E-state index in [0.29, 0.717) is 29.2 Å². The van der Waals surface area contributed by atoms with Gasteiger partial charge in [0.15, 0.2) is 9.84 Å². The minimum Gasteiger partial charge on any atom is -0.373 e. The summed E-state index contributed by atoms with van der Waals surface area (Å²) in [5.74, 6) is 0.0529. The maximum atomic E-state index is 12.1. The van der Waals surface area contributed by atoms with Crippen LogP contribution in [0.15, 0.2) is 18.2 Å². The van der Waals surface area contributed by atoms with Gasteiger partial charge in [0.1, 0.15) is 12.1 Å². The van der Waals surface area contributed by atoms with Crippen LogP contribution in [0.25, 0.3) is 0 Å². The number of nitrogens with zero attached hydrogens (tertiary/aromatic N) is 1. The summed E-state index contributed by atoms with van der Waals surface area (Å²) < 4.78 is 22.8. The number of carbonyl (C=O) groups excluding carboxylic acids is 1. The standard InChI is InChI=1S/C15H18ClN3O3S/c1-10(19-14-3-2-13(16)6-12(14)7-17)15(20)18-8-11-4-5-23(21,22)9-11/h2-3,6,10-11,19H,4-5,8-9H2,1H3,(H,18,20). The summed E-state index contributed by atoms with van der Waals surface area (Å²) in [5, 5.41) is 15.3. The van der Waals surface area contributed by atoms with Crippen LogP contribution in [0.3, 0.4) is 0 Å². The second-order valence-electron chi connectivity index (χ2n) is 5.68. The van der Waals surface area contributed by atoms with Gasteiger partial charge >= 0.3 is 0 Å². The SMILES string of the molecule is CC(Nc1ccc(Cl)cc1C#N)C(=O)NCC1CCS(=O)(=O)C1. The zero-order valence-electron chi connectivity index (χ0n) is 12.7. The lowest BCUT2D eigenvalue weighted by molar-refractivity contribution is -0.121. The monoisotopic (exact) mass is 355 g/mol. The van der Waals surface area contributed by atoms with Gasteiger partial charge in [0.25, 0.3) is 0 Å². The Morgan fingerprint density at radius 2 is 2.26 bits per heavy atom. The lowest BCUT2D eigenvalue weighted by Crippen LogP contribution is -2.40. The number of nitriles is 1. The Hall–Kier alpha value is -1.78. The number of halogens is 1. The summed E-state index contributed by atoms with van der Waals surface area (Å²) in [6.07, 6.45) is 0.584. The van der Waals surface area contributed by atoms with Crippen molar-refractivity contribution < 1.29 is 13.2 Å². The molecule has 8 heteroatoms. The summed E-state index contributed by atoms with van der Waals surface area (Å²) in [6.45, 7) is 2.02. The van der Waals surface area contributed by atoms with Crippen LogP contribution in [-0.4, -0.2) is 38.4 Å². The third-order valence-electron chi connectivity index (χ3n) is 3.76. The van der Waals surface area contributed by atoms with Crippen LogP contribution < -0.4 is 10.6 Å². The predicted octanol–water partition coefficient (Wildman–Crippen LogP) is 1.56. The molecule has 2 atom stereocenters. The fourth-order valence-electron chi connectivity index (χ4n) is 2.46. The molecule has 0 aliphatic carbocycles. The zero-order valence-corrected chi connectivity index (χ0v) is 14.2. The molecule has 1 aliphatic heterocycles. The first kappa shape index (κ1) is 17.6. The van der Waals surface area contributed by atoms with Crippen LogP contribution >= 0.6 is 11.6 Å². The van der Waals surface area contributed by atoms with E-state index in [1.54, 1.807) is 19.1 Å². The van der Waals surface area contributed by atoms with Crippen LogP contribution in [-0.2, 0) is 14.6 Å². The van der Waals surface area contributed by atoms with Crippen molar-refractivity contribution in [1.29, 1.82) is 5.26 Å². The zero-order chi connectivity index (χ0) is 17.0. The Kier molecular flexibility index (Phi) is 5.50. The normalized spacial score (nSPS) is 20.5. The third kappa shape index (κ3) is 4.85. The maximum absolute atomic E-state index is 12.1. The molecule has 1 saturated heterocycles. The van der Waals surface area contributed by atoms with Crippen molar-refractivity contribution >= 4 is 33.0 Å². The number of benzene rings is 1. The molecular weight excluding hydrogens is 338 g/mol. The van der Waals surface area contributed by atoms with Crippen LogP contribution in [0.4, 0.5) is 5.69 Å². The van der Waals surface area contributed by atoms with E-state index < -0.39 is 15.9 Å². The predicted molar refractivity (Wildman–Crippen MR) is 89.0 cm³/mol. The maximum Gasteiger partial charge on any atom is 0.242 e. The molecule has 2 N–H and O–H groups in total. The number of amides is 1. The molecule has 124 valence electrons. The summed E-state index contributed by atoms with van der Waals surface area (Å²) in [4.78, 5) is 12.1. The fourth-order valence-corrected chi connectivity index (χ4v) is 4.50. The molecule has 2 unspecified atom stereocenters. The number of nitrogens with one attached hydrogen (secondary N) is 2. The topological polar surface area (TPSA) is 99.1 Å². The molecule has 6 nitrogen and oxygen atoms in total. The highest BCUT2D eigenvalue weighted by Gasteiger charge is 2.28. The lowest BCUT2D eigenvalue weighted by Gasteiger charge is -2.17. The van der Waals surface area contributed by atoms with Gasteiger partial charge in [-0.2, -0.15) is 5.26 Å². The van der Waals surface area contributed by atoms with E-state index in [-0.39, 0.29) is 23.3 Å². The van der Waals surface area contributed by atoms with Crippen molar-refractivity contribution in [2.24, 2.45) is 5.92 Å². The Balaban J connectivity index is 1.90. The first-order valence-corrected chi connectivity index (χ1v) is 9.45. The number of hydrogen-bond acceptors (Lipinski definition) is 5. The van der Waals surface area contributed by atoms with Gasteiger partial charge in [0.2, 0.25) is 5.91 Å². The number of hydrogen-bond donors (Lipinski definition) is 2. The van der Waals surface area contributed by atoms with Gasteiger partial charge in [0.05, 0.1) is 22.8 Å². The molecule has 1 aliphatic rings. The molecule has 0 saturated carbocycles. The molecule has 23 heavy (non-hydrogen) atoms. The van der Waals surface area contributed by atoms with Crippen LogP contribution in [0, 0.1) is 17.2 Å². The highest BCUT2D eigenvalue weighted by Crippen LogP contribution is 2.21. The smallest absolute Gasteiger partial charge is 0.242 e. The first-order chi connectivity index (χ1) is 10.8. The van der Waals surface area contributed by atoms with Gasteiger partial charge in [-0.3, -0.25) is 4.79 Å². The molecule has 0 aromatic heterocycles. The van der Waals surface area contributed by atoms with Crippen LogP contribution in [0.5, 0.6) is 0 Å². The minimum absolute atomic E-state index is 0.0265. The first-order valence-electron chi connectivity index (χ1n) is 7.25. The molecule has 1 fully saturated rings. The quantitative estimate of drug-likeness (QED) is 0.835. The number of rotatable bonds is 5. The minimum atomic E-state index is -2.94. The highest BCUT2D eigenvalue weighted by atomic mass is 35.5. The molecule has 1 aromatic rings. The number of carbonyl (C=O) groups is 1. The summed E-state index contributed by atoms with van der Waals surface area (Å²) in [6, 6.07) is 6.28. The van der Waals surface area contributed by atoms with E-state index in [1.807, 2.05) is 6.07 Å². The highest BCUT2D eigenvalue weighted by molar-refractivity contribution is 7.91. The van der Waals surface area contributed by atoms with E-state index in [0.717, 1.165) is 0 Å². The Bertz CT molecular complexity index is 743. The molecule has 2 rings (SSSR count). The summed E-state index contributed by atoms with van der Waals surface area (Å²) >= 11 is 5.83. The molecule has 0 spiro atoms. The Labute approximate surface area is 140 Å². The third-order valence-corrected chi connectivity index (χ3v) is 5.83. The van der Waals surface area contributed by atoms with E-state index in [2.05, 4.69) is 10.6 Å². The number of sulfone groups is 1. The van der Waals surface area contributed by atoms with Crippen molar-refractivity contribution in [3.8, 4) is 6.07 Å². The van der Waals surface area contributed by atoms with Gasteiger partial charge in [0, 0.05) is 11.6 Å². The van der Waals surface area contributed by atoms with Crippen molar-refractivity contribution in [3.05, 3.63) is 28.8 Å². The Morgan fingerprint density at radius 3 is 2.87 bits per heavy atom. The molecule has 1 aromatic carbocycles. The molecular formula is C15H18ClN3O3S. The molecule has 0 radical (unpaired) electrons. The van der Waals surface area contributed by atoms with E-state index in [1.165, 1.54) is 6.07 Å². The summed E-state index contributed by atoms with van der Waals surface area (Å²) in [7, 11) is -2.94. The average Bonchev–Trinajstić information content (AvgIpc) is 2.85.